The Morgan fingerprint density at radius 1 is 1.25 bits per heavy atom. The van der Waals surface area contributed by atoms with Gasteiger partial charge in [-0.25, -0.2) is 4.79 Å². The highest BCUT2D eigenvalue weighted by Gasteiger charge is 2.17. The van der Waals surface area contributed by atoms with E-state index in [2.05, 4.69) is 0 Å². The molecule has 6 nitrogen and oxygen atoms in total. The first kappa shape index (κ1) is 15.6. The summed E-state index contributed by atoms with van der Waals surface area (Å²) in [6, 6.07) is 14.3. The van der Waals surface area contributed by atoms with Crippen LogP contribution in [0.1, 0.15) is 21.6 Å². The molecule has 0 saturated carbocycles. The topological polar surface area (TPSA) is 101 Å². The van der Waals surface area contributed by atoms with Gasteiger partial charge in [-0.2, -0.15) is 0 Å². The summed E-state index contributed by atoms with van der Waals surface area (Å²) in [7, 11) is 1.56. The van der Waals surface area contributed by atoms with E-state index < -0.39 is 5.97 Å². The minimum Gasteiger partial charge on any atom is -0.496 e. The highest BCUT2D eigenvalue weighted by molar-refractivity contribution is 5.97. The van der Waals surface area contributed by atoms with E-state index in [-0.39, 0.29) is 11.5 Å². The van der Waals surface area contributed by atoms with E-state index >= 15 is 0 Å². The van der Waals surface area contributed by atoms with Crippen molar-refractivity contribution in [2.75, 3.05) is 7.11 Å². The Morgan fingerprint density at radius 3 is 2.67 bits per heavy atom. The molecular weight excluding hydrogens is 306 g/mol. The predicted molar refractivity (Wildman–Crippen MR) is 92.0 cm³/mol. The molecular formula is C18H17N3O3. The van der Waals surface area contributed by atoms with Crippen LogP contribution in [0.3, 0.4) is 0 Å². The van der Waals surface area contributed by atoms with Crippen LogP contribution in [0.2, 0.25) is 0 Å². The normalized spacial score (nSPS) is 10.7. The fourth-order valence-electron chi connectivity index (χ4n) is 2.80. The number of nitrogen functional groups attached to an aromatic ring is 1. The van der Waals surface area contributed by atoms with Crippen molar-refractivity contribution in [1.82, 2.24) is 4.57 Å². The zero-order valence-corrected chi connectivity index (χ0v) is 13.1. The zero-order valence-electron chi connectivity index (χ0n) is 13.1. The van der Waals surface area contributed by atoms with Gasteiger partial charge < -0.3 is 20.1 Å². The summed E-state index contributed by atoms with van der Waals surface area (Å²) in [5.41, 5.74) is 7.97. The van der Waals surface area contributed by atoms with Crippen LogP contribution in [-0.4, -0.2) is 28.6 Å². The van der Waals surface area contributed by atoms with E-state index in [9.17, 15) is 9.90 Å². The average molecular weight is 323 g/mol. The SMILES string of the molecule is COc1cccc2c1cc(C(=O)O)n2Cc1cccc(C(=N)N)c1. The molecule has 0 spiro atoms. The predicted octanol–water partition coefficient (Wildman–Crippen LogP) is 2.68. The maximum atomic E-state index is 11.6. The van der Waals surface area contributed by atoms with Gasteiger partial charge in [-0.05, 0) is 29.8 Å². The van der Waals surface area contributed by atoms with Crippen LogP contribution in [0, 0.1) is 5.41 Å². The summed E-state index contributed by atoms with van der Waals surface area (Å²) in [5.74, 6) is -0.392. The summed E-state index contributed by atoms with van der Waals surface area (Å²) in [6.07, 6.45) is 0. The number of carbonyl (C=O) groups is 1. The number of carboxylic acid groups (broad SMARTS) is 1. The second-order valence-electron chi connectivity index (χ2n) is 5.43. The number of amidine groups is 1. The zero-order chi connectivity index (χ0) is 17.3. The van der Waals surface area contributed by atoms with Gasteiger partial charge in [0, 0.05) is 17.5 Å². The molecule has 3 aromatic rings. The van der Waals surface area contributed by atoms with Gasteiger partial charge in [0.25, 0.3) is 0 Å². The maximum Gasteiger partial charge on any atom is 0.352 e. The molecule has 0 saturated heterocycles. The van der Waals surface area contributed by atoms with Gasteiger partial charge in [0.1, 0.15) is 17.3 Å². The molecule has 2 aromatic carbocycles. The van der Waals surface area contributed by atoms with Crippen LogP contribution in [0.4, 0.5) is 0 Å². The van der Waals surface area contributed by atoms with Crippen molar-refractivity contribution in [3.63, 3.8) is 0 Å². The first-order chi connectivity index (χ1) is 11.5. The van der Waals surface area contributed by atoms with Gasteiger partial charge in [-0.15, -0.1) is 0 Å². The lowest BCUT2D eigenvalue weighted by Gasteiger charge is -2.10. The van der Waals surface area contributed by atoms with Crippen molar-refractivity contribution < 1.29 is 14.6 Å². The number of nitrogens with one attached hydrogen (secondary N) is 1. The van der Waals surface area contributed by atoms with Crippen molar-refractivity contribution in [2.45, 2.75) is 6.54 Å². The summed E-state index contributed by atoms with van der Waals surface area (Å²) in [4.78, 5) is 11.6. The highest BCUT2D eigenvalue weighted by Crippen LogP contribution is 2.29. The lowest BCUT2D eigenvalue weighted by Crippen LogP contribution is -2.13. The summed E-state index contributed by atoms with van der Waals surface area (Å²) in [5, 5.41) is 17.8. The molecule has 0 aliphatic heterocycles. The van der Waals surface area contributed by atoms with Crippen molar-refractivity contribution in [3.8, 4) is 5.75 Å². The highest BCUT2D eigenvalue weighted by atomic mass is 16.5. The standard InChI is InChI=1S/C18H17N3O3/c1-24-16-7-3-6-14-13(16)9-15(18(22)23)21(14)10-11-4-2-5-12(8-11)17(19)20/h2-9H,10H2,1H3,(H3,19,20)(H,22,23). The van der Waals surface area contributed by atoms with E-state index in [1.165, 1.54) is 0 Å². The Kier molecular flexibility index (Phi) is 3.95. The van der Waals surface area contributed by atoms with Crippen LogP contribution in [0.25, 0.3) is 10.9 Å². The number of carboxylic acids is 1. The van der Waals surface area contributed by atoms with E-state index in [1.54, 1.807) is 42.0 Å². The molecule has 24 heavy (non-hydrogen) atoms. The molecule has 0 radical (unpaired) electrons. The molecule has 1 heterocycles. The number of aromatic carboxylic acids is 1. The first-order valence-corrected chi connectivity index (χ1v) is 7.34. The Bertz CT molecular complexity index is 944. The number of benzene rings is 2. The number of fused-ring (bicyclic) bond motifs is 1. The molecule has 3 rings (SSSR count). The smallest absolute Gasteiger partial charge is 0.352 e. The molecule has 0 aliphatic carbocycles. The van der Waals surface area contributed by atoms with Gasteiger partial charge >= 0.3 is 5.97 Å². The van der Waals surface area contributed by atoms with Crippen LogP contribution >= 0.6 is 0 Å². The van der Waals surface area contributed by atoms with Crippen LogP contribution < -0.4 is 10.5 Å². The third-order valence-corrected chi connectivity index (χ3v) is 3.92. The molecule has 0 unspecified atom stereocenters. The molecule has 0 amide bonds. The van der Waals surface area contributed by atoms with Gasteiger partial charge in [-0.3, -0.25) is 5.41 Å². The van der Waals surface area contributed by atoms with E-state index in [0.717, 1.165) is 16.5 Å². The monoisotopic (exact) mass is 323 g/mol. The number of aromatic nitrogens is 1. The third kappa shape index (κ3) is 2.69. The van der Waals surface area contributed by atoms with Crippen LogP contribution in [0.5, 0.6) is 5.75 Å². The molecule has 0 bridgehead atoms. The average Bonchev–Trinajstić information content (AvgIpc) is 2.94. The first-order valence-electron chi connectivity index (χ1n) is 7.34. The minimum absolute atomic E-state index is 0.0191. The lowest BCUT2D eigenvalue weighted by molar-refractivity contribution is 0.0686. The molecule has 1 aromatic heterocycles. The molecule has 122 valence electrons. The molecule has 0 fully saturated rings. The largest absolute Gasteiger partial charge is 0.496 e. The van der Waals surface area contributed by atoms with Crippen LogP contribution in [-0.2, 0) is 6.54 Å². The Balaban J connectivity index is 2.14. The quantitative estimate of drug-likeness (QED) is 0.496. The number of hydrogen-bond acceptors (Lipinski definition) is 3. The summed E-state index contributed by atoms with van der Waals surface area (Å²) in [6.45, 7) is 0.361. The fraction of sp³-hybridized carbons (Fsp3) is 0.111. The summed E-state index contributed by atoms with van der Waals surface area (Å²) < 4.78 is 7.05. The van der Waals surface area contributed by atoms with Crippen molar-refractivity contribution >= 4 is 22.7 Å². The number of methoxy groups -OCH3 is 1. The Labute approximate surface area is 138 Å². The van der Waals surface area contributed by atoms with E-state index in [1.807, 2.05) is 18.2 Å². The molecule has 0 aliphatic rings. The molecule has 0 atom stereocenters. The number of nitrogens with two attached hydrogens (primary N) is 1. The number of rotatable bonds is 5. The molecule has 6 heteroatoms. The lowest BCUT2D eigenvalue weighted by atomic mass is 10.1. The molecule has 4 N–H and O–H groups in total. The Hall–Kier alpha value is -3.28. The summed E-state index contributed by atoms with van der Waals surface area (Å²) >= 11 is 0. The number of ether oxygens (including phenoxy) is 1. The minimum atomic E-state index is -1.00. The number of nitrogens with zero attached hydrogens (tertiary/aromatic N) is 1. The van der Waals surface area contributed by atoms with E-state index in [0.29, 0.717) is 17.9 Å². The van der Waals surface area contributed by atoms with E-state index in [4.69, 9.17) is 15.9 Å². The Morgan fingerprint density at radius 2 is 2.00 bits per heavy atom. The van der Waals surface area contributed by atoms with Crippen LogP contribution in [0.15, 0.2) is 48.5 Å². The number of hydrogen-bond donors (Lipinski definition) is 3. The fourth-order valence-corrected chi connectivity index (χ4v) is 2.80. The second kappa shape index (κ2) is 6.08. The maximum absolute atomic E-state index is 11.6. The van der Waals surface area contributed by atoms with Gasteiger partial charge in [-0.1, -0.05) is 24.3 Å². The van der Waals surface area contributed by atoms with Gasteiger partial charge in [0.05, 0.1) is 12.6 Å². The van der Waals surface area contributed by atoms with Crippen molar-refractivity contribution in [3.05, 3.63) is 65.4 Å². The van der Waals surface area contributed by atoms with Crippen molar-refractivity contribution in [2.24, 2.45) is 5.73 Å². The van der Waals surface area contributed by atoms with Crippen molar-refractivity contribution in [1.29, 1.82) is 5.41 Å². The van der Waals surface area contributed by atoms with Gasteiger partial charge in [0.2, 0.25) is 0 Å². The second-order valence-corrected chi connectivity index (χ2v) is 5.43. The third-order valence-electron chi connectivity index (χ3n) is 3.92. The van der Waals surface area contributed by atoms with Gasteiger partial charge in [0.15, 0.2) is 0 Å².